The van der Waals surface area contributed by atoms with Gasteiger partial charge in [0.2, 0.25) is 0 Å². The Labute approximate surface area is 90.3 Å². The normalized spacial score (nSPS) is 10.8. The van der Waals surface area contributed by atoms with Gasteiger partial charge in [-0.3, -0.25) is 0 Å². The highest BCUT2D eigenvalue weighted by molar-refractivity contribution is 5.81. The van der Waals surface area contributed by atoms with Crippen LogP contribution in [-0.2, 0) is 0 Å². The van der Waals surface area contributed by atoms with Gasteiger partial charge in [-0.2, -0.15) is 0 Å². The van der Waals surface area contributed by atoms with Crippen molar-refractivity contribution in [3.05, 3.63) is 29.8 Å². The van der Waals surface area contributed by atoms with Crippen LogP contribution in [0.2, 0.25) is 0 Å². The molecule has 0 bridgehead atoms. The molecule has 2 rings (SSSR count). The second-order valence-corrected chi connectivity index (χ2v) is 3.93. The van der Waals surface area contributed by atoms with Crippen LogP contribution in [0.5, 0.6) is 0 Å². The fourth-order valence-corrected chi connectivity index (χ4v) is 1.64. The van der Waals surface area contributed by atoms with E-state index in [1.54, 1.807) is 0 Å². The molecule has 1 heterocycles. The summed E-state index contributed by atoms with van der Waals surface area (Å²) in [5.74, 6) is 0.879. The van der Waals surface area contributed by atoms with Crippen molar-refractivity contribution in [3.8, 4) is 0 Å². The Morgan fingerprint density at radius 2 is 2.13 bits per heavy atom. The summed E-state index contributed by atoms with van der Waals surface area (Å²) in [6.45, 7) is 5.26. The van der Waals surface area contributed by atoms with Crippen LogP contribution in [0.1, 0.15) is 25.3 Å². The van der Waals surface area contributed by atoms with Gasteiger partial charge in [-0.15, -0.1) is 0 Å². The van der Waals surface area contributed by atoms with Crippen molar-refractivity contribution in [3.63, 3.8) is 0 Å². The van der Waals surface area contributed by atoms with E-state index < -0.39 is 0 Å². The third-order valence-corrected chi connectivity index (χ3v) is 2.50. The Hall–Kier alpha value is -1.44. The Kier molecular flexibility index (Phi) is 2.95. The third kappa shape index (κ3) is 2.32. The molecule has 1 aromatic heterocycles. The average Bonchev–Trinajstić information content (AvgIpc) is 2.60. The van der Waals surface area contributed by atoms with Crippen molar-refractivity contribution in [2.45, 2.75) is 26.7 Å². The molecule has 80 valence electrons. The van der Waals surface area contributed by atoms with E-state index >= 15 is 0 Å². The maximum atomic E-state index is 5.66. The van der Waals surface area contributed by atoms with Crippen LogP contribution in [0.3, 0.4) is 0 Å². The second-order valence-electron chi connectivity index (χ2n) is 3.93. The van der Waals surface area contributed by atoms with E-state index in [9.17, 15) is 0 Å². The van der Waals surface area contributed by atoms with Crippen LogP contribution in [0.25, 0.3) is 11.0 Å². The molecule has 0 saturated carbocycles. The molecule has 0 spiro atoms. The van der Waals surface area contributed by atoms with Gasteiger partial charge in [-0.1, -0.05) is 25.0 Å². The molecule has 0 aliphatic rings. The van der Waals surface area contributed by atoms with Crippen molar-refractivity contribution in [2.75, 3.05) is 11.9 Å². The Morgan fingerprint density at radius 1 is 1.27 bits per heavy atom. The van der Waals surface area contributed by atoms with E-state index in [2.05, 4.69) is 37.4 Å². The number of hydrogen-bond donors (Lipinski definition) is 1. The molecule has 0 radical (unpaired) electrons. The van der Waals surface area contributed by atoms with Crippen molar-refractivity contribution in [1.82, 2.24) is 0 Å². The lowest BCUT2D eigenvalue weighted by atomic mass is 10.2. The number of anilines is 1. The maximum Gasteiger partial charge on any atom is 0.194 e. The van der Waals surface area contributed by atoms with Gasteiger partial charge < -0.3 is 9.73 Å². The summed E-state index contributed by atoms with van der Waals surface area (Å²) in [5.41, 5.74) is 2.23. The molecule has 1 N–H and O–H groups in total. The molecule has 0 aliphatic carbocycles. The van der Waals surface area contributed by atoms with Crippen LogP contribution in [0, 0.1) is 6.92 Å². The molecule has 1 aromatic carbocycles. The number of hydrogen-bond acceptors (Lipinski definition) is 2. The monoisotopic (exact) mass is 203 g/mol. The van der Waals surface area contributed by atoms with Gasteiger partial charge >= 0.3 is 0 Å². The van der Waals surface area contributed by atoms with Crippen molar-refractivity contribution < 1.29 is 4.42 Å². The van der Waals surface area contributed by atoms with Crippen LogP contribution >= 0.6 is 0 Å². The van der Waals surface area contributed by atoms with Crippen LogP contribution < -0.4 is 5.32 Å². The number of nitrogens with one attached hydrogen (secondary N) is 1. The molecule has 2 heteroatoms. The number of benzene rings is 1. The third-order valence-electron chi connectivity index (χ3n) is 2.50. The summed E-state index contributed by atoms with van der Waals surface area (Å²) in [6.07, 6.45) is 2.38. The number of rotatable bonds is 4. The van der Waals surface area contributed by atoms with Gasteiger partial charge in [0.1, 0.15) is 5.58 Å². The molecule has 0 unspecified atom stereocenters. The first-order valence-corrected chi connectivity index (χ1v) is 5.53. The Bertz CT molecular complexity index is 445. The quantitative estimate of drug-likeness (QED) is 0.761. The first kappa shape index (κ1) is 10.1. The van der Waals surface area contributed by atoms with Crippen molar-refractivity contribution in [1.29, 1.82) is 0 Å². The Balaban J connectivity index is 2.16. The Morgan fingerprint density at radius 3 is 2.93 bits per heavy atom. The van der Waals surface area contributed by atoms with E-state index in [-0.39, 0.29) is 0 Å². The molecule has 15 heavy (non-hydrogen) atoms. The summed E-state index contributed by atoms with van der Waals surface area (Å²) in [4.78, 5) is 0. The molecule has 2 aromatic rings. The zero-order valence-corrected chi connectivity index (χ0v) is 9.34. The van der Waals surface area contributed by atoms with E-state index in [1.807, 2.05) is 6.07 Å². The smallest absolute Gasteiger partial charge is 0.194 e. The molecule has 0 saturated heterocycles. The predicted octanol–water partition coefficient (Wildman–Crippen LogP) is 3.95. The van der Waals surface area contributed by atoms with Gasteiger partial charge in [-0.25, -0.2) is 0 Å². The summed E-state index contributed by atoms with van der Waals surface area (Å²) >= 11 is 0. The molecule has 0 fully saturated rings. The van der Waals surface area contributed by atoms with E-state index in [1.165, 1.54) is 23.8 Å². The minimum atomic E-state index is 0.879. The number of furan rings is 1. The van der Waals surface area contributed by atoms with Crippen LogP contribution in [0.4, 0.5) is 5.88 Å². The van der Waals surface area contributed by atoms with Gasteiger partial charge in [0.05, 0.1) is 0 Å². The fraction of sp³-hybridized carbons (Fsp3) is 0.385. The number of unbranched alkanes of at least 4 members (excludes halogenated alkanes) is 1. The highest BCUT2D eigenvalue weighted by Gasteiger charge is 2.02. The maximum absolute atomic E-state index is 5.66. The lowest BCUT2D eigenvalue weighted by molar-refractivity contribution is 0.623. The van der Waals surface area contributed by atoms with Gasteiger partial charge in [0.15, 0.2) is 5.88 Å². The lowest BCUT2D eigenvalue weighted by Crippen LogP contribution is -1.98. The van der Waals surface area contributed by atoms with E-state index in [0.29, 0.717) is 0 Å². The van der Waals surface area contributed by atoms with Gasteiger partial charge in [0, 0.05) is 18.0 Å². The summed E-state index contributed by atoms with van der Waals surface area (Å²) in [5, 5.41) is 4.46. The second kappa shape index (κ2) is 4.39. The number of fused-ring (bicyclic) bond motifs is 1. The zero-order valence-electron chi connectivity index (χ0n) is 9.34. The number of aryl methyl sites for hydroxylation is 1. The molecule has 0 amide bonds. The average molecular weight is 203 g/mol. The summed E-state index contributed by atoms with van der Waals surface area (Å²) in [7, 11) is 0. The minimum Gasteiger partial charge on any atom is -0.441 e. The largest absolute Gasteiger partial charge is 0.441 e. The topological polar surface area (TPSA) is 25.2 Å². The molecular weight excluding hydrogens is 186 g/mol. The van der Waals surface area contributed by atoms with Crippen molar-refractivity contribution in [2.24, 2.45) is 0 Å². The molecule has 0 atom stereocenters. The minimum absolute atomic E-state index is 0.879. The molecule has 2 nitrogen and oxygen atoms in total. The molecular formula is C13H17NO. The van der Waals surface area contributed by atoms with E-state index in [4.69, 9.17) is 4.42 Å². The summed E-state index contributed by atoms with van der Waals surface area (Å²) < 4.78 is 5.66. The van der Waals surface area contributed by atoms with E-state index in [0.717, 1.165) is 18.0 Å². The van der Waals surface area contributed by atoms with Gasteiger partial charge in [0.25, 0.3) is 0 Å². The van der Waals surface area contributed by atoms with Crippen LogP contribution in [-0.4, -0.2) is 6.54 Å². The van der Waals surface area contributed by atoms with Crippen LogP contribution in [0.15, 0.2) is 28.7 Å². The standard InChI is InChI=1S/C13H17NO/c1-3-4-7-14-13-9-11-8-10(2)5-6-12(11)15-13/h5-6,8-9,14H,3-4,7H2,1-2H3. The first-order valence-electron chi connectivity index (χ1n) is 5.53. The predicted molar refractivity (Wildman–Crippen MR) is 64.3 cm³/mol. The fourth-order valence-electron chi connectivity index (χ4n) is 1.64. The molecule has 0 aliphatic heterocycles. The zero-order chi connectivity index (χ0) is 10.7. The SMILES string of the molecule is CCCCNc1cc2cc(C)ccc2o1. The van der Waals surface area contributed by atoms with Gasteiger partial charge in [-0.05, 0) is 25.5 Å². The highest BCUT2D eigenvalue weighted by Crippen LogP contribution is 2.23. The summed E-state index contributed by atoms with van der Waals surface area (Å²) in [6, 6.07) is 8.30. The van der Waals surface area contributed by atoms with Crippen molar-refractivity contribution >= 4 is 16.9 Å². The first-order chi connectivity index (χ1) is 7.29. The highest BCUT2D eigenvalue weighted by atomic mass is 16.3. The lowest BCUT2D eigenvalue weighted by Gasteiger charge is -1.98.